The third-order valence-corrected chi connectivity index (χ3v) is 5.85. The van der Waals surface area contributed by atoms with Crippen LogP contribution in [0.15, 0.2) is 18.3 Å². The van der Waals surface area contributed by atoms with Gasteiger partial charge in [-0.2, -0.15) is 5.10 Å². The first kappa shape index (κ1) is 18.0. The highest BCUT2D eigenvalue weighted by Crippen LogP contribution is 2.35. The summed E-state index contributed by atoms with van der Waals surface area (Å²) in [5.74, 6) is 0.506. The number of fused-ring (bicyclic) bond motifs is 1. The Morgan fingerprint density at radius 1 is 1.44 bits per heavy atom. The average Bonchev–Trinajstić information content (AvgIpc) is 3.13. The number of anilines is 3. The second-order valence-electron chi connectivity index (χ2n) is 6.63. The number of piperidine rings is 1. The van der Waals surface area contributed by atoms with Gasteiger partial charge >= 0.3 is 0 Å². The Bertz CT molecular complexity index is 1010. The van der Waals surface area contributed by atoms with Gasteiger partial charge in [-0.25, -0.2) is 4.98 Å². The first-order valence-corrected chi connectivity index (χ1v) is 9.82. The topological polar surface area (TPSA) is 115 Å². The van der Waals surface area contributed by atoms with E-state index in [1.54, 1.807) is 16.9 Å². The fourth-order valence-corrected chi connectivity index (χ4v) is 4.53. The Morgan fingerprint density at radius 3 is 3.04 bits per heavy atom. The van der Waals surface area contributed by atoms with Crippen LogP contribution in [0.2, 0.25) is 5.15 Å². The van der Waals surface area contributed by atoms with Gasteiger partial charge in [0.15, 0.2) is 5.82 Å². The van der Waals surface area contributed by atoms with E-state index in [0.717, 1.165) is 36.4 Å². The molecule has 3 aromatic heterocycles. The van der Waals surface area contributed by atoms with Crippen LogP contribution in [0.4, 0.5) is 16.5 Å². The summed E-state index contributed by atoms with van der Waals surface area (Å²) < 4.78 is 2.56. The second kappa shape index (κ2) is 6.99. The zero-order valence-electron chi connectivity index (χ0n) is 14.8. The van der Waals surface area contributed by atoms with Crippen molar-refractivity contribution in [3.8, 4) is 0 Å². The molecule has 1 aliphatic rings. The number of nitrogen functional groups attached to an aromatic ring is 1. The molecule has 1 saturated heterocycles. The molecule has 1 aliphatic heterocycles. The largest absolute Gasteiger partial charge is 0.390 e. The van der Waals surface area contributed by atoms with Crippen molar-refractivity contribution in [2.45, 2.75) is 18.9 Å². The van der Waals surface area contributed by atoms with E-state index in [-0.39, 0.29) is 11.9 Å². The number of nitrogens with two attached hydrogens (primary N) is 2. The number of hydrogen-bond donors (Lipinski definition) is 3. The zero-order valence-corrected chi connectivity index (χ0v) is 16.3. The van der Waals surface area contributed by atoms with Crippen LogP contribution >= 0.6 is 22.9 Å². The summed E-state index contributed by atoms with van der Waals surface area (Å²) in [6.45, 7) is 1.60. The van der Waals surface area contributed by atoms with Crippen LogP contribution < -0.4 is 21.7 Å². The van der Waals surface area contributed by atoms with Crippen LogP contribution in [-0.2, 0) is 7.05 Å². The number of carbonyl (C=O) groups excluding carboxylic acids is 1. The quantitative estimate of drug-likeness (QED) is 0.576. The first-order chi connectivity index (χ1) is 12.9. The fraction of sp³-hybridized carbons (Fsp3) is 0.353. The third kappa shape index (κ3) is 3.33. The van der Waals surface area contributed by atoms with Gasteiger partial charge < -0.3 is 21.7 Å². The Kier molecular flexibility index (Phi) is 4.67. The summed E-state index contributed by atoms with van der Waals surface area (Å²) in [7, 11) is 1.85. The number of hydrogen-bond acceptors (Lipinski definition) is 7. The summed E-state index contributed by atoms with van der Waals surface area (Å²) in [5, 5.41) is 7.96. The predicted octanol–water partition coefficient (Wildman–Crippen LogP) is 2.45. The number of thiophene rings is 1. The Hall–Kier alpha value is -2.36. The molecule has 1 fully saturated rings. The van der Waals surface area contributed by atoms with Crippen molar-refractivity contribution in [1.29, 1.82) is 0 Å². The fourth-order valence-electron chi connectivity index (χ4n) is 3.47. The van der Waals surface area contributed by atoms with Crippen molar-refractivity contribution in [3.05, 3.63) is 29.0 Å². The molecular weight excluding hydrogens is 386 g/mol. The van der Waals surface area contributed by atoms with Gasteiger partial charge in [-0.15, -0.1) is 11.3 Å². The van der Waals surface area contributed by atoms with E-state index >= 15 is 0 Å². The van der Waals surface area contributed by atoms with Crippen molar-refractivity contribution >= 4 is 55.6 Å². The van der Waals surface area contributed by atoms with Gasteiger partial charge in [0.25, 0.3) is 5.91 Å². The highest BCUT2D eigenvalue weighted by atomic mass is 35.5. The first-order valence-electron chi connectivity index (χ1n) is 8.62. The minimum Gasteiger partial charge on any atom is -0.390 e. The lowest BCUT2D eigenvalue weighted by molar-refractivity contribution is 0.102. The van der Waals surface area contributed by atoms with Crippen LogP contribution in [0.25, 0.3) is 10.2 Å². The van der Waals surface area contributed by atoms with E-state index in [2.05, 4.69) is 20.3 Å². The summed E-state index contributed by atoms with van der Waals surface area (Å²) >= 11 is 7.31. The molecule has 1 amide bonds. The lowest BCUT2D eigenvalue weighted by Gasteiger charge is -2.32. The molecular formula is C17H20ClN7OS. The lowest BCUT2D eigenvalue weighted by atomic mass is 10.1. The maximum absolute atomic E-state index is 13.0. The third-order valence-electron chi connectivity index (χ3n) is 4.67. The van der Waals surface area contributed by atoms with Gasteiger partial charge in [-0.05, 0) is 25.0 Å². The number of pyridine rings is 1. The number of nitrogens with one attached hydrogen (secondary N) is 1. The molecule has 0 aromatic carbocycles. The molecule has 27 heavy (non-hydrogen) atoms. The maximum atomic E-state index is 13.0. The van der Waals surface area contributed by atoms with Crippen molar-refractivity contribution in [2.75, 3.05) is 29.0 Å². The second-order valence-corrected chi connectivity index (χ2v) is 8.10. The monoisotopic (exact) mass is 405 g/mol. The summed E-state index contributed by atoms with van der Waals surface area (Å²) in [4.78, 5) is 19.4. The van der Waals surface area contributed by atoms with E-state index in [1.807, 2.05) is 13.1 Å². The average molecular weight is 406 g/mol. The summed E-state index contributed by atoms with van der Waals surface area (Å²) in [5.41, 5.74) is 13.7. The van der Waals surface area contributed by atoms with Crippen LogP contribution in [0.3, 0.4) is 0 Å². The Morgan fingerprint density at radius 2 is 2.26 bits per heavy atom. The maximum Gasteiger partial charge on any atom is 0.261 e. The molecule has 0 spiro atoms. The Balaban J connectivity index is 1.67. The van der Waals surface area contributed by atoms with Crippen molar-refractivity contribution in [1.82, 2.24) is 14.8 Å². The zero-order chi connectivity index (χ0) is 19.1. The summed E-state index contributed by atoms with van der Waals surface area (Å²) in [6, 6.07) is 3.60. The molecule has 4 heterocycles. The van der Waals surface area contributed by atoms with Crippen LogP contribution in [-0.4, -0.2) is 39.8 Å². The standard InChI is InChI=1S/C17H20ClN7OS/c1-24-17(25-6-2-3-9(19)8-25)10(7-21-24)22-16(26)13-14-11(27-15(13)20)4-5-12(18)23-14/h4-5,7,9H,2-3,6,8,19-20H2,1H3,(H,22,26). The number of rotatable bonds is 3. The van der Waals surface area contributed by atoms with Gasteiger partial charge in [0.1, 0.15) is 21.4 Å². The molecule has 142 valence electrons. The molecule has 0 bridgehead atoms. The van der Waals surface area contributed by atoms with E-state index in [4.69, 9.17) is 23.1 Å². The Labute approximate surface area is 165 Å². The van der Waals surface area contributed by atoms with Crippen molar-refractivity contribution in [3.63, 3.8) is 0 Å². The number of halogens is 1. The molecule has 0 saturated carbocycles. The van der Waals surface area contributed by atoms with Gasteiger partial charge in [-0.1, -0.05) is 11.6 Å². The van der Waals surface area contributed by atoms with E-state index in [9.17, 15) is 4.79 Å². The minimum absolute atomic E-state index is 0.111. The van der Waals surface area contributed by atoms with Gasteiger partial charge in [-0.3, -0.25) is 9.48 Å². The van der Waals surface area contributed by atoms with Crippen molar-refractivity contribution < 1.29 is 4.79 Å². The van der Waals surface area contributed by atoms with Crippen LogP contribution in [0, 0.1) is 0 Å². The number of nitrogens with zero attached hydrogens (tertiary/aromatic N) is 4. The van der Waals surface area contributed by atoms with Crippen LogP contribution in [0.1, 0.15) is 23.2 Å². The smallest absolute Gasteiger partial charge is 0.261 e. The molecule has 0 aliphatic carbocycles. The van der Waals surface area contributed by atoms with E-state index < -0.39 is 0 Å². The van der Waals surface area contributed by atoms with E-state index in [0.29, 0.717) is 26.9 Å². The number of amides is 1. The molecule has 3 aromatic rings. The molecule has 8 nitrogen and oxygen atoms in total. The van der Waals surface area contributed by atoms with Crippen LogP contribution in [0.5, 0.6) is 0 Å². The summed E-state index contributed by atoms with van der Waals surface area (Å²) in [6.07, 6.45) is 3.64. The SMILES string of the molecule is Cn1ncc(NC(=O)c2c(N)sc3ccc(Cl)nc23)c1N1CCCC(N)C1. The number of aryl methyl sites for hydroxylation is 1. The van der Waals surface area contributed by atoms with Gasteiger partial charge in [0.2, 0.25) is 0 Å². The number of carbonyl (C=O) groups is 1. The molecule has 5 N–H and O–H groups in total. The van der Waals surface area contributed by atoms with Gasteiger partial charge in [0, 0.05) is 26.2 Å². The molecule has 10 heteroatoms. The van der Waals surface area contributed by atoms with Gasteiger partial charge in [0.05, 0.1) is 16.4 Å². The number of aromatic nitrogens is 3. The highest BCUT2D eigenvalue weighted by molar-refractivity contribution is 7.23. The predicted molar refractivity (Wildman–Crippen MR) is 110 cm³/mol. The minimum atomic E-state index is -0.330. The molecule has 1 atom stereocenters. The normalized spacial score (nSPS) is 17.4. The molecule has 1 unspecified atom stereocenters. The lowest BCUT2D eigenvalue weighted by Crippen LogP contribution is -2.43. The highest BCUT2D eigenvalue weighted by Gasteiger charge is 2.25. The van der Waals surface area contributed by atoms with E-state index in [1.165, 1.54) is 11.3 Å². The molecule has 4 rings (SSSR count). The molecule has 0 radical (unpaired) electrons. The van der Waals surface area contributed by atoms with Crippen molar-refractivity contribution in [2.24, 2.45) is 12.8 Å².